The lowest BCUT2D eigenvalue weighted by molar-refractivity contribution is -0.123. The first-order chi connectivity index (χ1) is 14.5. The second kappa shape index (κ2) is 8.64. The van der Waals surface area contributed by atoms with Crippen LogP contribution in [0.2, 0.25) is 5.02 Å². The fraction of sp³-hybridized carbons (Fsp3) is 0.143. The van der Waals surface area contributed by atoms with E-state index in [2.05, 4.69) is 15.4 Å². The molecule has 0 bridgehead atoms. The summed E-state index contributed by atoms with van der Waals surface area (Å²) in [5.41, 5.74) is 1.89. The Morgan fingerprint density at radius 3 is 2.83 bits per heavy atom. The first kappa shape index (κ1) is 20.1. The Balaban J connectivity index is 1.45. The van der Waals surface area contributed by atoms with Gasteiger partial charge in [0, 0.05) is 16.7 Å². The minimum Gasteiger partial charge on any atom is -0.484 e. The summed E-state index contributed by atoms with van der Waals surface area (Å²) in [4.78, 5) is 29.4. The molecule has 0 unspecified atom stereocenters. The molecule has 1 amide bonds. The Bertz CT molecular complexity index is 1280. The SMILES string of the molecule is Cc1ccccc1OCC(=O)NCc1cc(=O)n2nc(-c3cccc(Cl)c3)sc2n1. The summed E-state index contributed by atoms with van der Waals surface area (Å²) in [5, 5.41) is 8.26. The van der Waals surface area contributed by atoms with E-state index in [1.54, 1.807) is 18.2 Å². The van der Waals surface area contributed by atoms with Gasteiger partial charge >= 0.3 is 0 Å². The number of fused-ring (bicyclic) bond motifs is 1. The molecule has 0 saturated heterocycles. The van der Waals surface area contributed by atoms with E-state index < -0.39 is 0 Å². The number of aryl methyl sites for hydroxylation is 1. The summed E-state index contributed by atoms with van der Waals surface area (Å²) in [7, 11) is 0. The van der Waals surface area contributed by atoms with Gasteiger partial charge in [-0.05, 0) is 30.7 Å². The van der Waals surface area contributed by atoms with Crippen molar-refractivity contribution < 1.29 is 9.53 Å². The van der Waals surface area contributed by atoms with E-state index >= 15 is 0 Å². The second-order valence-corrected chi connectivity index (χ2v) is 7.92. The molecule has 1 N–H and O–H groups in total. The van der Waals surface area contributed by atoms with Gasteiger partial charge in [-0.3, -0.25) is 9.59 Å². The average molecular weight is 441 g/mol. The number of carbonyl (C=O) groups excluding carboxylic acids is 1. The van der Waals surface area contributed by atoms with Crippen LogP contribution in [0.25, 0.3) is 15.5 Å². The Kier molecular flexibility index (Phi) is 5.78. The lowest BCUT2D eigenvalue weighted by Crippen LogP contribution is -2.29. The zero-order chi connectivity index (χ0) is 21.1. The summed E-state index contributed by atoms with van der Waals surface area (Å²) < 4.78 is 6.77. The van der Waals surface area contributed by atoms with Crippen LogP contribution in [0.4, 0.5) is 0 Å². The molecule has 30 heavy (non-hydrogen) atoms. The monoisotopic (exact) mass is 440 g/mol. The number of nitrogens with zero attached hydrogens (tertiary/aromatic N) is 3. The summed E-state index contributed by atoms with van der Waals surface area (Å²) in [5.74, 6) is 0.354. The van der Waals surface area contributed by atoms with Gasteiger partial charge in [-0.1, -0.05) is 53.3 Å². The molecule has 0 spiro atoms. The molecular weight excluding hydrogens is 424 g/mol. The van der Waals surface area contributed by atoms with Crippen LogP contribution in [-0.2, 0) is 11.3 Å². The van der Waals surface area contributed by atoms with E-state index in [1.807, 2.05) is 37.3 Å². The smallest absolute Gasteiger partial charge is 0.275 e. The van der Waals surface area contributed by atoms with Gasteiger partial charge in [0.15, 0.2) is 6.61 Å². The molecule has 9 heteroatoms. The molecule has 0 saturated carbocycles. The van der Waals surface area contributed by atoms with Crippen molar-refractivity contribution in [2.45, 2.75) is 13.5 Å². The Hall–Kier alpha value is -3.23. The van der Waals surface area contributed by atoms with Crippen LogP contribution < -0.4 is 15.6 Å². The third kappa shape index (κ3) is 4.50. The third-order valence-corrected chi connectivity index (χ3v) is 5.48. The van der Waals surface area contributed by atoms with Crippen molar-refractivity contribution in [3.63, 3.8) is 0 Å². The van der Waals surface area contributed by atoms with Crippen molar-refractivity contribution in [1.82, 2.24) is 19.9 Å². The number of aromatic nitrogens is 3. The molecule has 0 radical (unpaired) electrons. The van der Waals surface area contributed by atoms with Crippen LogP contribution in [0.1, 0.15) is 11.3 Å². The van der Waals surface area contributed by atoms with Crippen molar-refractivity contribution in [2.24, 2.45) is 0 Å². The molecule has 2 aromatic carbocycles. The van der Waals surface area contributed by atoms with Gasteiger partial charge < -0.3 is 10.1 Å². The van der Waals surface area contributed by atoms with Gasteiger partial charge in [-0.15, -0.1) is 0 Å². The molecule has 2 heterocycles. The number of rotatable bonds is 6. The molecule has 4 aromatic rings. The largest absolute Gasteiger partial charge is 0.484 e. The minimum absolute atomic E-state index is 0.117. The fourth-order valence-electron chi connectivity index (χ4n) is 2.79. The van der Waals surface area contributed by atoms with Crippen LogP contribution in [0.15, 0.2) is 59.4 Å². The standard InChI is InChI=1S/C21H17ClN4O3S/c1-13-5-2-3-8-17(13)29-12-18(27)23-11-16-10-19(28)26-21(24-16)30-20(25-26)14-6-4-7-15(22)9-14/h2-10H,11-12H2,1H3,(H,23,27). The molecule has 4 rings (SSSR count). The van der Waals surface area contributed by atoms with E-state index in [9.17, 15) is 9.59 Å². The summed E-state index contributed by atoms with van der Waals surface area (Å²) in [6.07, 6.45) is 0. The zero-order valence-electron chi connectivity index (χ0n) is 16.0. The molecular formula is C21H17ClN4O3S. The first-order valence-corrected chi connectivity index (χ1v) is 10.3. The van der Waals surface area contributed by atoms with Crippen molar-refractivity contribution in [1.29, 1.82) is 0 Å². The maximum atomic E-state index is 12.4. The van der Waals surface area contributed by atoms with Gasteiger partial charge in [-0.2, -0.15) is 9.61 Å². The van der Waals surface area contributed by atoms with Crippen LogP contribution in [0, 0.1) is 6.92 Å². The summed E-state index contributed by atoms with van der Waals surface area (Å²) >= 11 is 7.31. The number of ether oxygens (including phenoxy) is 1. The Morgan fingerprint density at radius 1 is 1.20 bits per heavy atom. The van der Waals surface area contributed by atoms with E-state index in [-0.39, 0.29) is 24.6 Å². The van der Waals surface area contributed by atoms with Gasteiger partial charge in [0.25, 0.3) is 11.5 Å². The predicted octanol–water partition coefficient (Wildman–Crippen LogP) is 3.48. The number of benzene rings is 2. The van der Waals surface area contributed by atoms with Crippen molar-refractivity contribution >= 4 is 33.8 Å². The number of hydrogen-bond donors (Lipinski definition) is 1. The number of halogens is 1. The maximum absolute atomic E-state index is 12.4. The molecule has 0 aliphatic carbocycles. The van der Waals surface area contributed by atoms with Crippen LogP contribution in [-0.4, -0.2) is 27.1 Å². The molecule has 2 aromatic heterocycles. The van der Waals surface area contributed by atoms with Gasteiger partial charge in [0.2, 0.25) is 4.96 Å². The Labute approximate surface area is 180 Å². The first-order valence-electron chi connectivity index (χ1n) is 9.10. The molecule has 7 nitrogen and oxygen atoms in total. The number of amides is 1. The average Bonchev–Trinajstić information content (AvgIpc) is 3.17. The quantitative estimate of drug-likeness (QED) is 0.496. The van der Waals surface area contributed by atoms with Crippen LogP contribution in [0.5, 0.6) is 5.75 Å². The number of carbonyl (C=O) groups is 1. The zero-order valence-corrected chi connectivity index (χ0v) is 17.5. The molecule has 152 valence electrons. The van der Waals surface area contributed by atoms with E-state index in [4.69, 9.17) is 16.3 Å². The molecule has 0 fully saturated rings. The topological polar surface area (TPSA) is 85.6 Å². The summed E-state index contributed by atoms with van der Waals surface area (Å²) in [6.45, 7) is 1.91. The van der Waals surface area contributed by atoms with Crippen molar-refractivity contribution in [3.05, 3.63) is 81.2 Å². The minimum atomic E-state index is -0.315. The van der Waals surface area contributed by atoms with E-state index in [0.29, 0.717) is 26.4 Å². The normalized spacial score (nSPS) is 10.9. The van der Waals surface area contributed by atoms with Crippen molar-refractivity contribution in [3.8, 4) is 16.3 Å². The molecule has 0 aliphatic rings. The number of hydrogen-bond acceptors (Lipinski definition) is 6. The highest BCUT2D eigenvalue weighted by Gasteiger charge is 2.12. The van der Waals surface area contributed by atoms with Crippen LogP contribution in [0.3, 0.4) is 0 Å². The molecule has 0 atom stereocenters. The highest BCUT2D eigenvalue weighted by molar-refractivity contribution is 7.19. The lowest BCUT2D eigenvalue weighted by Gasteiger charge is -2.09. The maximum Gasteiger partial charge on any atom is 0.275 e. The highest BCUT2D eigenvalue weighted by Crippen LogP contribution is 2.26. The number of para-hydroxylation sites is 1. The van der Waals surface area contributed by atoms with Gasteiger partial charge in [0.05, 0.1) is 12.2 Å². The van der Waals surface area contributed by atoms with E-state index in [0.717, 1.165) is 11.1 Å². The predicted molar refractivity (Wildman–Crippen MR) is 116 cm³/mol. The lowest BCUT2D eigenvalue weighted by atomic mass is 10.2. The van der Waals surface area contributed by atoms with Crippen LogP contribution >= 0.6 is 22.9 Å². The fourth-order valence-corrected chi connectivity index (χ4v) is 3.90. The van der Waals surface area contributed by atoms with Gasteiger partial charge in [-0.25, -0.2) is 4.98 Å². The highest BCUT2D eigenvalue weighted by atomic mass is 35.5. The van der Waals surface area contributed by atoms with E-state index in [1.165, 1.54) is 21.9 Å². The Morgan fingerprint density at radius 2 is 2.03 bits per heavy atom. The molecule has 0 aliphatic heterocycles. The summed E-state index contributed by atoms with van der Waals surface area (Å²) in [6, 6.07) is 16.1. The van der Waals surface area contributed by atoms with Crippen molar-refractivity contribution in [2.75, 3.05) is 6.61 Å². The second-order valence-electron chi connectivity index (χ2n) is 6.53. The third-order valence-electron chi connectivity index (χ3n) is 4.29. The number of nitrogens with one attached hydrogen (secondary N) is 1. The van der Waals surface area contributed by atoms with Gasteiger partial charge in [0.1, 0.15) is 10.8 Å².